The Morgan fingerprint density at radius 2 is 2.33 bits per heavy atom. The lowest BCUT2D eigenvalue weighted by Crippen LogP contribution is -2.33. The van der Waals surface area contributed by atoms with Crippen LogP contribution in [0, 0.1) is 11.8 Å². The number of thioether (sulfide) groups is 1. The molecule has 1 aliphatic rings. The lowest BCUT2D eigenvalue weighted by molar-refractivity contribution is 0.0938. The highest BCUT2D eigenvalue weighted by Gasteiger charge is 2.25. The summed E-state index contributed by atoms with van der Waals surface area (Å²) in [7, 11) is 0. The summed E-state index contributed by atoms with van der Waals surface area (Å²) < 4.78 is 0. The smallest absolute Gasteiger partial charge is 0.251 e. The van der Waals surface area contributed by atoms with E-state index in [0.717, 1.165) is 12.8 Å². The Balaban J connectivity index is 2.01. The van der Waals surface area contributed by atoms with Crippen LogP contribution in [0.4, 0.5) is 0 Å². The van der Waals surface area contributed by atoms with E-state index in [-0.39, 0.29) is 18.5 Å². The molecular weight excluding hydrogens is 304 g/mol. The molecule has 2 atom stereocenters. The van der Waals surface area contributed by atoms with Gasteiger partial charge in [-0.15, -0.1) is 0 Å². The zero-order valence-corrected chi connectivity index (χ0v) is 13.6. The van der Waals surface area contributed by atoms with Gasteiger partial charge in [-0.25, -0.2) is 0 Å². The van der Waals surface area contributed by atoms with Gasteiger partial charge in [0.2, 0.25) is 0 Å². The average Bonchev–Trinajstić information content (AvgIpc) is 2.93. The van der Waals surface area contributed by atoms with Gasteiger partial charge in [-0.2, -0.15) is 11.8 Å². The molecule has 0 aliphatic heterocycles. The van der Waals surface area contributed by atoms with Crippen molar-refractivity contribution in [2.75, 3.05) is 12.8 Å². The summed E-state index contributed by atoms with van der Waals surface area (Å²) in [6.45, 7) is 0.289. The fourth-order valence-corrected chi connectivity index (χ4v) is 3.48. The van der Waals surface area contributed by atoms with E-state index in [0.29, 0.717) is 21.4 Å². The predicted molar refractivity (Wildman–Crippen MR) is 89.8 cm³/mol. The molecule has 5 heteroatoms. The monoisotopic (exact) mass is 322 g/mol. The van der Waals surface area contributed by atoms with Gasteiger partial charge in [0, 0.05) is 22.4 Å². The highest BCUT2D eigenvalue weighted by Crippen LogP contribution is 2.28. The van der Waals surface area contributed by atoms with Crippen LogP contribution in [0.2, 0.25) is 5.02 Å². The third-order valence-electron chi connectivity index (χ3n) is 3.61. The first-order valence-electron chi connectivity index (χ1n) is 6.96. The summed E-state index contributed by atoms with van der Waals surface area (Å²) in [5, 5.41) is 4.23. The quantitative estimate of drug-likeness (QED) is 0.841. The molecule has 0 spiro atoms. The maximum absolute atomic E-state index is 12.2. The van der Waals surface area contributed by atoms with E-state index >= 15 is 0 Å². The second-order valence-corrected chi connectivity index (χ2v) is 6.59. The normalized spacial score (nSPS) is 20.7. The van der Waals surface area contributed by atoms with E-state index < -0.39 is 0 Å². The minimum absolute atomic E-state index is 0.0676. The predicted octanol–water partition coefficient (Wildman–Crippen LogP) is 2.66. The summed E-state index contributed by atoms with van der Waals surface area (Å²) >= 11 is 8.02. The lowest BCUT2D eigenvalue weighted by atomic mass is 10.1. The zero-order chi connectivity index (χ0) is 15.2. The molecule has 0 bridgehead atoms. The molecule has 1 saturated carbocycles. The molecule has 0 aromatic heterocycles. The Morgan fingerprint density at radius 1 is 1.52 bits per heavy atom. The Bertz CT molecular complexity index is 579. The molecule has 1 aromatic rings. The van der Waals surface area contributed by atoms with Gasteiger partial charge in [-0.1, -0.05) is 23.4 Å². The highest BCUT2D eigenvalue weighted by atomic mass is 35.5. The van der Waals surface area contributed by atoms with Gasteiger partial charge < -0.3 is 11.1 Å². The van der Waals surface area contributed by atoms with Gasteiger partial charge >= 0.3 is 0 Å². The molecule has 0 radical (unpaired) electrons. The second kappa shape index (κ2) is 7.74. The second-order valence-electron chi connectivity index (χ2n) is 5.04. The molecule has 3 nitrogen and oxygen atoms in total. The molecule has 0 heterocycles. The summed E-state index contributed by atoms with van der Waals surface area (Å²) in [4.78, 5) is 12.2. The standard InChI is InChI=1S/C16H19ClN2OS/c1-21-14-7-6-13(10-14)19-16(20)12-5-4-11(3-2-8-18)15(17)9-12/h4-5,9,13-14H,6-8,10,18H2,1H3,(H,19,20). The van der Waals surface area contributed by atoms with E-state index in [1.807, 2.05) is 11.8 Å². The van der Waals surface area contributed by atoms with E-state index in [9.17, 15) is 4.79 Å². The number of carbonyl (C=O) groups excluding carboxylic acids is 1. The van der Waals surface area contributed by atoms with E-state index in [4.69, 9.17) is 17.3 Å². The van der Waals surface area contributed by atoms with Gasteiger partial charge in [-0.05, 0) is 43.7 Å². The summed E-state index contributed by atoms with van der Waals surface area (Å²) in [6.07, 6.45) is 5.38. The molecule has 1 fully saturated rings. The van der Waals surface area contributed by atoms with Crippen molar-refractivity contribution in [2.24, 2.45) is 5.73 Å². The molecule has 1 aromatic carbocycles. The van der Waals surface area contributed by atoms with Crippen molar-refractivity contribution >= 4 is 29.3 Å². The van der Waals surface area contributed by atoms with Crippen LogP contribution in [0.15, 0.2) is 18.2 Å². The van der Waals surface area contributed by atoms with Crippen molar-refractivity contribution in [3.05, 3.63) is 34.3 Å². The number of rotatable bonds is 3. The molecule has 1 aliphatic carbocycles. The fraction of sp³-hybridized carbons (Fsp3) is 0.438. The maximum Gasteiger partial charge on any atom is 0.251 e. The van der Waals surface area contributed by atoms with Crippen LogP contribution in [-0.4, -0.2) is 30.0 Å². The minimum atomic E-state index is -0.0676. The van der Waals surface area contributed by atoms with E-state index in [2.05, 4.69) is 23.4 Å². The van der Waals surface area contributed by atoms with Crippen molar-refractivity contribution in [2.45, 2.75) is 30.6 Å². The van der Waals surface area contributed by atoms with Crippen LogP contribution in [0.3, 0.4) is 0 Å². The third kappa shape index (κ3) is 4.41. The Morgan fingerprint density at radius 3 is 2.95 bits per heavy atom. The Kier molecular flexibility index (Phi) is 5.98. The first-order chi connectivity index (χ1) is 10.1. The first-order valence-corrected chi connectivity index (χ1v) is 8.62. The van der Waals surface area contributed by atoms with Gasteiger partial charge in [0.05, 0.1) is 11.6 Å². The van der Waals surface area contributed by atoms with Crippen molar-refractivity contribution in [3.8, 4) is 11.8 Å². The Hall–Kier alpha value is -1.15. The molecule has 3 N–H and O–H groups in total. The lowest BCUT2D eigenvalue weighted by Gasteiger charge is -2.13. The maximum atomic E-state index is 12.2. The van der Waals surface area contributed by atoms with Crippen LogP contribution in [0.5, 0.6) is 0 Å². The van der Waals surface area contributed by atoms with E-state index in [1.165, 1.54) is 6.42 Å². The van der Waals surface area contributed by atoms with Crippen molar-refractivity contribution < 1.29 is 4.79 Å². The number of nitrogens with one attached hydrogen (secondary N) is 1. The number of halogens is 1. The third-order valence-corrected chi connectivity index (χ3v) is 5.02. The number of nitrogens with two attached hydrogens (primary N) is 1. The molecule has 1 amide bonds. The molecule has 0 saturated heterocycles. The van der Waals surface area contributed by atoms with Gasteiger partial charge in [0.1, 0.15) is 0 Å². The highest BCUT2D eigenvalue weighted by molar-refractivity contribution is 7.99. The zero-order valence-electron chi connectivity index (χ0n) is 12.0. The van der Waals surface area contributed by atoms with Crippen LogP contribution >= 0.6 is 23.4 Å². The summed E-state index contributed by atoms with van der Waals surface area (Å²) in [5.74, 6) is 5.57. The SMILES string of the molecule is CSC1CCC(NC(=O)c2ccc(C#CCN)c(Cl)c2)C1. The number of hydrogen-bond donors (Lipinski definition) is 2. The van der Waals surface area contributed by atoms with Crippen LogP contribution in [-0.2, 0) is 0 Å². The largest absolute Gasteiger partial charge is 0.349 e. The Labute approximate surface area is 135 Å². The topological polar surface area (TPSA) is 55.1 Å². The van der Waals surface area contributed by atoms with Crippen molar-refractivity contribution in [3.63, 3.8) is 0 Å². The summed E-state index contributed by atoms with van der Waals surface area (Å²) in [6, 6.07) is 5.45. The van der Waals surface area contributed by atoms with Crippen LogP contribution in [0.25, 0.3) is 0 Å². The van der Waals surface area contributed by atoms with Gasteiger partial charge in [0.15, 0.2) is 0 Å². The number of benzene rings is 1. The van der Waals surface area contributed by atoms with E-state index in [1.54, 1.807) is 18.2 Å². The molecular formula is C16H19ClN2OS. The molecule has 112 valence electrons. The number of carbonyl (C=O) groups is 1. The number of amides is 1. The van der Waals surface area contributed by atoms with Gasteiger partial charge in [-0.3, -0.25) is 4.79 Å². The average molecular weight is 323 g/mol. The molecule has 2 rings (SSSR count). The van der Waals surface area contributed by atoms with Gasteiger partial charge in [0.25, 0.3) is 5.91 Å². The summed E-state index contributed by atoms with van der Waals surface area (Å²) in [5.41, 5.74) is 6.61. The van der Waals surface area contributed by atoms with Crippen molar-refractivity contribution in [1.29, 1.82) is 0 Å². The van der Waals surface area contributed by atoms with Crippen molar-refractivity contribution in [1.82, 2.24) is 5.32 Å². The molecule has 2 unspecified atom stereocenters. The minimum Gasteiger partial charge on any atom is -0.349 e. The molecule has 21 heavy (non-hydrogen) atoms. The number of hydrogen-bond acceptors (Lipinski definition) is 3. The fourth-order valence-electron chi connectivity index (χ4n) is 2.46. The first kappa shape index (κ1) is 16.2. The van der Waals surface area contributed by atoms with Crippen LogP contribution < -0.4 is 11.1 Å². The van der Waals surface area contributed by atoms with Crippen LogP contribution in [0.1, 0.15) is 35.2 Å².